The molecule has 2 spiro atoms. The SMILES string of the molecule is CN1CC2(C1)CN(S(=O)(=O)c1nc(Nc3c4c(cc5c3CCC5)CCC4)n[nH]1)C2.CN1CC2(CNC2)C1.C[Si](C)(C)CCOCn1nc(S(=O)(=O)Cl)nc1Nc1c2c(cc3c1CCC3)CCC2. The van der Waals surface area contributed by atoms with Crippen LogP contribution >= 0.6 is 10.7 Å². The molecule has 4 fully saturated rings. The molecule has 4 aliphatic carbocycles. The van der Waals surface area contributed by atoms with Gasteiger partial charge in [-0.05, 0) is 142 Å². The summed E-state index contributed by atoms with van der Waals surface area (Å²) in [6, 6.07) is 5.75. The summed E-state index contributed by atoms with van der Waals surface area (Å²) in [4.78, 5) is 13.1. The van der Waals surface area contributed by atoms with Crippen LogP contribution in [-0.2, 0) is 81.9 Å². The van der Waals surface area contributed by atoms with Gasteiger partial charge in [0.2, 0.25) is 11.9 Å². The Bertz CT molecular complexity index is 2690. The number of aryl methyl sites for hydroxylation is 4. The second kappa shape index (κ2) is 18.0. The molecule has 0 amide bonds. The average Bonchev–Trinajstić information content (AvgIpc) is 4.07. The van der Waals surface area contributed by atoms with Crippen LogP contribution in [-0.4, -0.2) is 142 Å². The third kappa shape index (κ3) is 9.72. The van der Waals surface area contributed by atoms with E-state index in [0.717, 1.165) is 100 Å². The Kier molecular flexibility index (Phi) is 12.7. The summed E-state index contributed by atoms with van der Waals surface area (Å²) in [7, 11) is 0.904. The number of aromatic nitrogens is 6. The Morgan fingerprint density at radius 2 is 1.22 bits per heavy atom. The second-order valence-electron chi connectivity index (χ2n) is 21.9. The normalized spacial score (nSPS) is 21.2. The van der Waals surface area contributed by atoms with Gasteiger partial charge in [0.05, 0.1) is 0 Å². The van der Waals surface area contributed by atoms with Crippen LogP contribution in [0.4, 0.5) is 23.3 Å². The van der Waals surface area contributed by atoms with Crippen molar-refractivity contribution in [3.8, 4) is 0 Å². The Morgan fingerprint density at radius 3 is 1.67 bits per heavy atom. The van der Waals surface area contributed by atoms with Crippen LogP contribution in [0.3, 0.4) is 0 Å². The molecule has 4 N–H and O–H groups in total. The van der Waals surface area contributed by atoms with Crippen molar-refractivity contribution < 1.29 is 21.6 Å². The number of hydrogen-bond donors (Lipinski definition) is 4. The van der Waals surface area contributed by atoms with E-state index >= 15 is 0 Å². The predicted octanol–water partition coefficient (Wildman–Crippen LogP) is 5.22. The van der Waals surface area contributed by atoms with E-state index in [1.165, 1.54) is 92.5 Å². The fraction of sp³-hybridized carbons (Fsp3) is 0.652. The highest BCUT2D eigenvalue weighted by molar-refractivity contribution is 8.13. The number of hydrogen-bond acceptors (Lipinski definition) is 14. The number of fused-ring (bicyclic) bond motifs is 4. The molecule has 0 radical (unpaired) electrons. The highest BCUT2D eigenvalue weighted by atomic mass is 35.7. The molecule has 0 bridgehead atoms. The van der Waals surface area contributed by atoms with Crippen molar-refractivity contribution in [2.75, 3.05) is 83.7 Å². The van der Waals surface area contributed by atoms with Gasteiger partial charge in [0.1, 0.15) is 6.73 Å². The Labute approximate surface area is 401 Å². The number of halogens is 1. The molecule has 2 aromatic heterocycles. The standard InChI is InChI=1S/C20H29ClN4O3SSi.C20H26N6O2S.C6H12N2/c1-30(2,3)11-10-28-13-25-19(23-20(24-25)29(21,26)27)22-18-16-8-4-6-14(16)12-15-7-5-9-17(15)18;1-25-9-20(10-25)11-26(12-20)29(27,28)19-22-18(23-24-19)21-17-15-6-2-4-13(15)8-14-5-3-7-16(14)17;1-8-4-6(5-8)2-7-3-6/h12H,4-11,13H2,1-3H3,(H,22,23,24);8H,2-7,9-12H2,1H3,(H2,21,22,23,24);7H,2-5H2,1H3. The maximum atomic E-state index is 12.9. The maximum Gasteiger partial charge on any atom is 0.298 e. The minimum absolute atomic E-state index is 0.0632. The van der Waals surface area contributed by atoms with Crippen molar-refractivity contribution in [1.29, 1.82) is 0 Å². The summed E-state index contributed by atoms with van der Waals surface area (Å²) >= 11 is 0. The quantitative estimate of drug-likeness (QED) is 0.0820. The molecule has 21 heteroatoms. The third-order valence-corrected chi connectivity index (χ3v) is 19.3. The average molecular weight is 996 g/mol. The van der Waals surface area contributed by atoms with Crippen molar-refractivity contribution in [2.45, 2.75) is 120 Å². The molecule has 67 heavy (non-hydrogen) atoms. The molecule has 4 aliphatic heterocycles. The number of ether oxygens (including phenoxy) is 1. The molecule has 0 unspecified atom stereocenters. The molecule has 17 nitrogen and oxygen atoms in total. The monoisotopic (exact) mass is 994 g/mol. The van der Waals surface area contributed by atoms with Gasteiger partial charge in [0.15, 0.2) is 0 Å². The number of H-pyrrole nitrogens is 1. The number of nitrogens with zero attached hydrogens (tertiary/aromatic N) is 8. The predicted molar refractivity (Wildman–Crippen MR) is 263 cm³/mol. The van der Waals surface area contributed by atoms with E-state index in [-0.39, 0.29) is 17.3 Å². The van der Waals surface area contributed by atoms with E-state index in [2.05, 4.69) is 96.9 Å². The van der Waals surface area contributed by atoms with E-state index in [0.29, 0.717) is 31.6 Å². The van der Waals surface area contributed by atoms with Crippen molar-refractivity contribution in [3.63, 3.8) is 0 Å². The van der Waals surface area contributed by atoms with Gasteiger partial charge in [0, 0.05) is 99.9 Å². The molecule has 6 heterocycles. The summed E-state index contributed by atoms with van der Waals surface area (Å²) < 4.78 is 58.3. The van der Waals surface area contributed by atoms with E-state index in [4.69, 9.17) is 15.4 Å². The first kappa shape index (κ1) is 47.2. The molecule has 2 aromatic carbocycles. The van der Waals surface area contributed by atoms with Crippen molar-refractivity contribution in [3.05, 3.63) is 56.6 Å². The Hall–Kier alpha value is -3.47. The molecular formula is C46H67ClN12O5S2Si. The number of aromatic amines is 1. The van der Waals surface area contributed by atoms with Crippen LogP contribution in [0.25, 0.3) is 0 Å². The molecular weight excluding hydrogens is 928 g/mol. The van der Waals surface area contributed by atoms with Gasteiger partial charge in [-0.15, -0.1) is 10.2 Å². The van der Waals surface area contributed by atoms with Crippen LogP contribution in [0.15, 0.2) is 22.4 Å². The zero-order valence-electron chi connectivity index (χ0n) is 39.7. The largest absolute Gasteiger partial charge is 0.359 e. The third-order valence-electron chi connectivity index (χ3n) is 15.0. The van der Waals surface area contributed by atoms with Gasteiger partial charge in [-0.25, -0.2) is 26.6 Å². The molecule has 4 aromatic rings. The number of likely N-dealkylation sites (tertiary alicyclic amines) is 2. The number of nitrogens with one attached hydrogen (secondary N) is 4. The highest BCUT2D eigenvalue weighted by Crippen LogP contribution is 2.43. The van der Waals surface area contributed by atoms with Gasteiger partial charge < -0.3 is 30.5 Å². The van der Waals surface area contributed by atoms with E-state index < -0.39 is 32.3 Å². The lowest BCUT2D eigenvalue weighted by atomic mass is 9.75. The number of sulfonamides is 1. The van der Waals surface area contributed by atoms with E-state index in [1.54, 1.807) is 0 Å². The first-order chi connectivity index (χ1) is 31.9. The molecule has 364 valence electrons. The van der Waals surface area contributed by atoms with Crippen molar-refractivity contribution in [1.82, 2.24) is 49.4 Å². The van der Waals surface area contributed by atoms with Crippen LogP contribution in [0.5, 0.6) is 0 Å². The van der Waals surface area contributed by atoms with E-state index in [1.807, 2.05) is 0 Å². The Morgan fingerprint density at radius 1 is 0.716 bits per heavy atom. The van der Waals surface area contributed by atoms with Crippen LogP contribution < -0.4 is 16.0 Å². The minimum Gasteiger partial charge on any atom is -0.359 e. The Balaban J connectivity index is 0.000000134. The summed E-state index contributed by atoms with van der Waals surface area (Å²) in [5.74, 6) is 0.702. The first-order valence-corrected chi connectivity index (χ1v) is 31.7. The van der Waals surface area contributed by atoms with Crippen LogP contribution in [0.1, 0.15) is 70.2 Å². The zero-order valence-corrected chi connectivity index (χ0v) is 43.1. The van der Waals surface area contributed by atoms with E-state index in [9.17, 15) is 16.8 Å². The van der Waals surface area contributed by atoms with Gasteiger partial charge in [-0.1, -0.05) is 31.8 Å². The molecule has 0 atom stereocenters. The van der Waals surface area contributed by atoms with Gasteiger partial charge in [0.25, 0.3) is 29.4 Å². The lowest BCUT2D eigenvalue weighted by Crippen LogP contribution is -2.71. The smallest absolute Gasteiger partial charge is 0.298 e. The van der Waals surface area contributed by atoms with Crippen LogP contribution in [0, 0.1) is 10.8 Å². The summed E-state index contributed by atoms with van der Waals surface area (Å²) in [6.07, 6.45) is 13.2. The number of benzene rings is 2. The summed E-state index contributed by atoms with van der Waals surface area (Å²) in [5.41, 5.74) is 14.1. The van der Waals surface area contributed by atoms with Gasteiger partial charge in [-0.3, -0.25) is 0 Å². The molecule has 4 saturated heterocycles. The molecule has 12 rings (SSSR count). The van der Waals surface area contributed by atoms with Gasteiger partial charge >= 0.3 is 0 Å². The topological polar surface area (TPSA) is 196 Å². The maximum absolute atomic E-state index is 12.9. The second-order valence-corrected chi connectivity index (χ2v) is 31.8. The lowest BCUT2D eigenvalue weighted by molar-refractivity contribution is -0.0674. The zero-order chi connectivity index (χ0) is 46.9. The van der Waals surface area contributed by atoms with Crippen molar-refractivity contribution in [2.24, 2.45) is 10.8 Å². The lowest BCUT2D eigenvalue weighted by Gasteiger charge is -2.58. The highest BCUT2D eigenvalue weighted by Gasteiger charge is 2.55. The molecule has 8 aliphatic rings. The van der Waals surface area contributed by atoms with Crippen molar-refractivity contribution >= 4 is 61.1 Å². The van der Waals surface area contributed by atoms with Crippen LogP contribution in [0.2, 0.25) is 25.7 Å². The summed E-state index contributed by atoms with van der Waals surface area (Å²) in [5, 5.41) is 20.6. The number of anilines is 4. The number of rotatable bonds is 12. The summed E-state index contributed by atoms with van der Waals surface area (Å²) in [6.45, 7) is 15.8. The fourth-order valence-corrected chi connectivity index (χ4v) is 14.6. The van der Waals surface area contributed by atoms with Gasteiger partial charge in [-0.2, -0.15) is 14.3 Å². The minimum atomic E-state index is -4.03. The molecule has 0 saturated carbocycles. The first-order valence-electron chi connectivity index (χ1n) is 24.2. The fourth-order valence-electron chi connectivity index (χ4n) is 11.8.